The molecule has 1 aromatic carbocycles. The first-order chi connectivity index (χ1) is 13.4. The molecule has 6 nitrogen and oxygen atoms in total. The van der Waals surface area contributed by atoms with E-state index in [1.807, 2.05) is 0 Å². The second-order valence-corrected chi connectivity index (χ2v) is 8.23. The first kappa shape index (κ1) is 20.9. The van der Waals surface area contributed by atoms with Crippen molar-refractivity contribution in [3.8, 4) is 0 Å². The number of ether oxygens (including phenoxy) is 1. The monoisotopic (exact) mass is 460 g/mol. The number of hydrogen-bond donors (Lipinski definition) is 1. The maximum atomic E-state index is 12.5. The third-order valence-corrected chi connectivity index (χ3v) is 5.81. The summed E-state index contributed by atoms with van der Waals surface area (Å²) >= 11 is 19.2. The zero-order valence-electron chi connectivity index (χ0n) is 14.4. The predicted octanol–water partition coefficient (Wildman–Crippen LogP) is 4.49. The van der Waals surface area contributed by atoms with Crippen molar-refractivity contribution in [3.63, 3.8) is 0 Å². The Morgan fingerprint density at radius 1 is 1.21 bits per heavy atom. The maximum absolute atomic E-state index is 12.5. The Kier molecular flexibility index (Phi) is 6.82. The van der Waals surface area contributed by atoms with E-state index in [9.17, 15) is 14.4 Å². The molecule has 1 aliphatic rings. The van der Waals surface area contributed by atoms with E-state index in [1.54, 1.807) is 17.5 Å². The lowest BCUT2D eigenvalue weighted by atomic mass is 10.2. The van der Waals surface area contributed by atoms with Crippen LogP contribution in [0, 0.1) is 0 Å². The third kappa shape index (κ3) is 4.78. The number of thiophene rings is 1. The van der Waals surface area contributed by atoms with Gasteiger partial charge in [0.2, 0.25) is 0 Å². The second kappa shape index (κ2) is 9.13. The topological polar surface area (TPSA) is 75.7 Å². The fourth-order valence-corrected chi connectivity index (χ4v) is 4.46. The van der Waals surface area contributed by atoms with Crippen LogP contribution in [0.1, 0.15) is 22.5 Å². The summed E-state index contributed by atoms with van der Waals surface area (Å²) in [6.07, 6.45) is 1.19. The Hall–Kier alpha value is -1.80. The number of likely N-dealkylation sites (tertiary alicyclic amines) is 1. The summed E-state index contributed by atoms with van der Waals surface area (Å²) in [5, 5.41) is 4.95. The van der Waals surface area contributed by atoms with Gasteiger partial charge in [0.1, 0.15) is 6.04 Å². The van der Waals surface area contributed by atoms with Gasteiger partial charge in [-0.3, -0.25) is 9.59 Å². The summed E-state index contributed by atoms with van der Waals surface area (Å²) in [4.78, 5) is 39.1. The first-order valence-corrected chi connectivity index (χ1v) is 10.3. The highest BCUT2D eigenvalue weighted by atomic mass is 35.5. The molecule has 1 aromatic heterocycles. The van der Waals surface area contributed by atoms with Gasteiger partial charge in [-0.1, -0.05) is 40.9 Å². The first-order valence-electron chi connectivity index (χ1n) is 8.32. The molecule has 1 unspecified atom stereocenters. The van der Waals surface area contributed by atoms with Crippen molar-refractivity contribution in [2.75, 3.05) is 18.5 Å². The van der Waals surface area contributed by atoms with Gasteiger partial charge in [0, 0.05) is 11.6 Å². The Labute approximate surface area is 180 Å². The van der Waals surface area contributed by atoms with Crippen molar-refractivity contribution >= 4 is 69.6 Å². The number of carbonyl (C=O) groups is 3. The van der Waals surface area contributed by atoms with Gasteiger partial charge < -0.3 is 15.0 Å². The number of anilines is 1. The number of hydrogen-bond acceptors (Lipinski definition) is 5. The molecule has 0 aliphatic carbocycles. The van der Waals surface area contributed by atoms with Gasteiger partial charge in [0.05, 0.1) is 20.6 Å². The van der Waals surface area contributed by atoms with E-state index in [2.05, 4.69) is 5.32 Å². The summed E-state index contributed by atoms with van der Waals surface area (Å²) in [6.45, 7) is -0.0513. The van der Waals surface area contributed by atoms with Crippen molar-refractivity contribution in [1.82, 2.24) is 4.90 Å². The Morgan fingerprint density at radius 3 is 2.57 bits per heavy atom. The standard InChI is InChI=1S/C18H15Cl3N2O4S/c19-10-7-11(20)16(12(21)8-10)22-15(24)9-27-18(26)13-3-1-5-23(13)17(25)14-4-2-6-28-14/h2,4,6-8,13H,1,3,5,9H2,(H,22,24). The van der Waals surface area contributed by atoms with Crippen LogP contribution < -0.4 is 5.32 Å². The largest absolute Gasteiger partial charge is 0.454 e. The van der Waals surface area contributed by atoms with Gasteiger partial charge >= 0.3 is 5.97 Å². The highest BCUT2D eigenvalue weighted by Crippen LogP contribution is 2.33. The summed E-state index contributed by atoms with van der Waals surface area (Å²) in [5.41, 5.74) is 0.184. The van der Waals surface area contributed by atoms with Crippen LogP contribution in [-0.2, 0) is 14.3 Å². The quantitative estimate of drug-likeness (QED) is 0.666. The van der Waals surface area contributed by atoms with Crippen LogP contribution in [0.3, 0.4) is 0 Å². The second-order valence-electron chi connectivity index (χ2n) is 6.03. The molecule has 1 atom stereocenters. The van der Waals surface area contributed by atoms with Crippen molar-refractivity contribution in [3.05, 3.63) is 49.6 Å². The van der Waals surface area contributed by atoms with Gasteiger partial charge in [-0.05, 0) is 36.4 Å². The molecular weight excluding hydrogens is 447 g/mol. The van der Waals surface area contributed by atoms with Crippen molar-refractivity contribution in [2.45, 2.75) is 18.9 Å². The molecule has 2 aromatic rings. The molecule has 3 rings (SSSR count). The average molecular weight is 462 g/mol. The molecule has 10 heteroatoms. The van der Waals surface area contributed by atoms with Crippen LogP contribution in [0.15, 0.2) is 29.6 Å². The fraction of sp³-hybridized carbons (Fsp3) is 0.278. The lowest BCUT2D eigenvalue weighted by Crippen LogP contribution is -2.41. The van der Waals surface area contributed by atoms with E-state index in [4.69, 9.17) is 39.5 Å². The van der Waals surface area contributed by atoms with E-state index in [0.29, 0.717) is 29.3 Å². The highest BCUT2D eigenvalue weighted by molar-refractivity contribution is 7.12. The summed E-state index contributed by atoms with van der Waals surface area (Å²) in [7, 11) is 0. The molecule has 2 amide bonds. The predicted molar refractivity (Wildman–Crippen MR) is 109 cm³/mol. The van der Waals surface area contributed by atoms with Crippen LogP contribution in [0.5, 0.6) is 0 Å². The zero-order chi connectivity index (χ0) is 20.3. The molecule has 1 N–H and O–H groups in total. The Balaban J connectivity index is 1.57. The van der Waals surface area contributed by atoms with E-state index in [0.717, 1.165) is 0 Å². The molecule has 1 fully saturated rings. The van der Waals surface area contributed by atoms with Gasteiger partial charge in [-0.25, -0.2) is 4.79 Å². The van der Waals surface area contributed by atoms with Crippen LogP contribution in [0.4, 0.5) is 5.69 Å². The molecule has 2 heterocycles. The minimum atomic E-state index is -0.704. The third-order valence-electron chi connectivity index (χ3n) is 4.13. The van der Waals surface area contributed by atoms with Gasteiger partial charge in [-0.15, -0.1) is 11.3 Å². The molecule has 0 radical (unpaired) electrons. The van der Waals surface area contributed by atoms with E-state index in [-0.39, 0.29) is 21.6 Å². The Morgan fingerprint density at radius 2 is 1.93 bits per heavy atom. The van der Waals surface area contributed by atoms with Crippen molar-refractivity contribution in [1.29, 1.82) is 0 Å². The number of benzene rings is 1. The van der Waals surface area contributed by atoms with Gasteiger partial charge in [0.15, 0.2) is 6.61 Å². The maximum Gasteiger partial charge on any atom is 0.329 e. The average Bonchev–Trinajstić information content (AvgIpc) is 3.33. The Bertz CT molecular complexity index is 881. The SMILES string of the molecule is O=C(COC(=O)C1CCCN1C(=O)c1cccs1)Nc1c(Cl)cc(Cl)cc1Cl. The van der Waals surface area contributed by atoms with Crippen LogP contribution in [0.2, 0.25) is 15.1 Å². The molecule has 1 aliphatic heterocycles. The summed E-state index contributed by atoms with van der Waals surface area (Å²) < 4.78 is 5.11. The molecule has 0 bridgehead atoms. The van der Waals surface area contributed by atoms with Crippen molar-refractivity contribution in [2.24, 2.45) is 0 Å². The summed E-state index contributed by atoms with van der Waals surface area (Å²) in [6, 6.07) is 5.65. The molecule has 28 heavy (non-hydrogen) atoms. The van der Waals surface area contributed by atoms with Crippen LogP contribution >= 0.6 is 46.1 Å². The molecule has 148 valence electrons. The molecule has 0 spiro atoms. The van der Waals surface area contributed by atoms with Crippen molar-refractivity contribution < 1.29 is 19.1 Å². The lowest BCUT2D eigenvalue weighted by Gasteiger charge is -2.22. The van der Waals surface area contributed by atoms with Gasteiger partial charge in [0.25, 0.3) is 11.8 Å². The number of carbonyl (C=O) groups excluding carboxylic acids is 3. The normalized spacial score (nSPS) is 16.1. The number of nitrogens with one attached hydrogen (secondary N) is 1. The lowest BCUT2D eigenvalue weighted by molar-refractivity contribution is -0.151. The summed E-state index contributed by atoms with van der Waals surface area (Å²) in [5.74, 6) is -1.43. The number of rotatable bonds is 5. The molecule has 1 saturated heterocycles. The van der Waals surface area contributed by atoms with Crippen LogP contribution in [0.25, 0.3) is 0 Å². The fourth-order valence-electron chi connectivity index (χ4n) is 2.87. The smallest absolute Gasteiger partial charge is 0.329 e. The van der Waals surface area contributed by atoms with Crippen LogP contribution in [-0.4, -0.2) is 41.9 Å². The number of halogens is 3. The van der Waals surface area contributed by atoms with E-state index in [1.165, 1.54) is 28.4 Å². The van der Waals surface area contributed by atoms with E-state index >= 15 is 0 Å². The number of amides is 2. The van der Waals surface area contributed by atoms with Gasteiger partial charge in [-0.2, -0.15) is 0 Å². The molecular formula is C18H15Cl3N2O4S. The zero-order valence-corrected chi connectivity index (χ0v) is 17.5. The van der Waals surface area contributed by atoms with E-state index < -0.39 is 24.5 Å². The number of nitrogens with zero attached hydrogens (tertiary/aromatic N) is 1. The minimum absolute atomic E-state index is 0.167. The highest BCUT2D eigenvalue weighted by Gasteiger charge is 2.36. The minimum Gasteiger partial charge on any atom is -0.454 e. The molecule has 0 saturated carbocycles. The number of esters is 1.